The second-order valence-electron chi connectivity index (χ2n) is 4.45. The molecule has 1 amide bonds. The van der Waals surface area contributed by atoms with E-state index in [2.05, 4.69) is 9.72 Å². The van der Waals surface area contributed by atoms with E-state index in [0.29, 0.717) is 11.1 Å². The molecule has 1 aliphatic rings. The van der Waals surface area contributed by atoms with Crippen molar-refractivity contribution in [2.24, 2.45) is 0 Å². The van der Waals surface area contributed by atoms with E-state index in [1.54, 1.807) is 7.05 Å². The zero-order valence-corrected chi connectivity index (χ0v) is 11.9. The number of rotatable bonds is 4. The number of fused-ring (bicyclic) bond motifs is 1. The van der Waals surface area contributed by atoms with Crippen molar-refractivity contribution in [3.63, 3.8) is 0 Å². The molecule has 0 unspecified atom stereocenters. The highest BCUT2D eigenvalue weighted by atomic mass is 32.2. The van der Waals surface area contributed by atoms with Gasteiger partial charge in [0.15, 0.2) is 14.9 Å². The van der Waals surface area contributed by atoms with Crippen LogP contribution in [-0.4, -0.2) is 50.1 Å². The first-order chi connectivity index (χ1) is 9.36. The third-order valence-electron chi connectivity index (χ3n) is 3.09. The quantitative estimate of drug-likeness (QED) is 0.727. The van der Waals surface area contributed by atoms with Crippen molar-refractivity contribution in [3.8, 4) is 0 Å². The topological polar surface area (TPSA) is 93.6 Å². The van der Waals surface area contributed by atoms with Crippen LogP contribution < -0.4 is 0 Å². The Morgan fingerprint density at radius 3 is 2.85 bits per heavy atom. The number of carbonyl (C=O) groups excluding carboxylic acids is 2. The van der Waals surface area contributed by atoms with Crippen LogP contribution in [0.1, 0.15) is 22.3 Å². The first kappa shape index (κ1) is 14.4. The maximum absolute atomic E-state index is 12.2. The zero-order valence-electron chi connectivity index (χ0n) is 11.1. The van der Waals surface area contributed by atoms with E-state index >= 15 is 0 Å². The molecule has 0 saturated carbocycles. The highest BCUT2D eigenvalue weighted by Gasteiger charge is 2.32. The molecular formula is C12H14N2O5S. The highest BCUT2D eigenvalue weighted by Crippen LogP contribution is 2.26. The normalized spacial score (nSPS) is 14.3. The fraction of sp³-hybridized carbons (Fsp3) is 0.417. The molecule has 0 aromatic carbocycles. The summed E-state index contributed by atoms with van der Waals surface area (Å²) in [7, 11) is -0.942. The number of aromatic nitrogens is 1. The molecule has 0 bridgehead atoms. The summed E-state index contributed by atoms with van der Waals surface area (Å²) in [6.45, 7) is 0.203. The number of sulfone groups is 1. The van der Waals surface area contributed by atoms with Crippen LogP contribution in [0.15, 0.2) is 17.3 Å². The summed E-state index contributed by atoms with van der Waals surface area (Å²) < 4.78 is 28.9. The summed E-state index contributed by atoms with van der Waals surface area (Å²) in [4.78, 5) is 28.2. The zero-order chi connectivity index (χ0) is 14.9. The van der Waals surface area contributed by atoms with Crippen LogP contribution in [0.25, 0.3) is 0 Å². The van der Waals surface area contributed by atoms with E-state index in [1.165, 1.54) is 24.3 Å². The van der Waals surface area contributed by atoms with Crippen molar-refractivity contribution in [1.82, 2.24) is 9.88 Å². The van der Waals surface area contributed by atoms with Crippen LogP contribution in [0.2, 0.25) is 0 Å². The molecule has 1 aromatic rings. The maximum Gasteiger partial charge on any atom is 0.306 e. The van der Waals surface area contributed by atoms with Gasteiger partial charge < -0.3 is 9.64 Å². The number of ether oxygens (including phenoxy) is 1. The highest BCUT2D eigenvalue weighted by molar-refractivity contribution is 7.91. The lowest BCUT2D eigenvalue weighted by Crippen LogP contribution is -2.17. The summed E-state index contributed by atoms with van der Waals surface area (Å²) in [6, 6.07) is 1.50. The molecule has 0 spiro atoms. The molecule has 20 heavy (non-hydrogen) atoms. The first-order valence-corrected chi connectivity index (χ1v) is 7.55. The third-order valence-corrected chi connectivity index (χ3v) is 4.77. The standard InChI is InChI=1S/C12H14N2O5S/c1-14-7-9-8(12(14)16)3-5-13-11(9)20(17,18)6-4-10(15)19-2/h3,5H,4,6-7H2,1-2H3. The fourth-order valence-electron chi connectivity index (χ4n) is 2.03. The molecule has 2 heterocycles. The average molecular weight is 298 g/mol. The maximum atomic E-state index is 12.2. The number of pyridine rings is 1. The van der Waals surface area contributed by atoms with Crippen LogP contribution in [0, 0.1) is 0 Å². The van der Waals surface area contributed by atoms with Gasteiger partial charge in [-0.05, 0) is 6.07 Å². The Morgan fingerprint density at radius 2 is 2.20 bits per heavy atom. The molecule has 0 radical (unpaired) electrons. The number of methoxy groups -OCH3 is 1. The van der Waals surface area contributed by atoms with Gasteiger partial charge in [0.1, 0.15) is 0 Å². The van der Waals surface area contributed by atoms with Gasteiger partial charge in [0.25, 0.3) is 5.91 Å². The summed E-state index contributed by atoms with van der Waals surface area (Å²) >= 11 is 0. The lowest BCUT2D eigenvalue weighted by Gasteiger charge is -2.07. The lowest BCUT2D eigenvalue weighted by atomic mass is 10.2. The summed E-state index contributed by atoms with van der Waals surface area (Å²) in [6.07, 6.45) is 1.05. The number of carbonyl (C=O) groups is 2. The molecule has 0 N–H and O–H groups in total. The Kier molecular flexibility index (Phi) is 3.76. The van der Waals surface area contributed by atoms with Crippen LogP contribution in [0.5, 0.6) is 0 Å². The Morgan fingerprint density at radius 1 is 1.50 bits per heavy atom. The van der Waals surface area contributed by atoms with E-state index in [1.807, 2.05) is 0 Å². The first-order valence-electron chi connectivity index (χ1n) is 5.89. The van der Waals surface area contributed by atoms with Crippen LogP contribution in [0.3, 0.4) is 0 Å². The van der Waals surface area contributed by atoms with Crippen LogP contribution >= 0.6 is 0 Å². The average Bonchev–Trinajstić information content (AvgIpc) is 2.71. The Hall–Kier alpha value is -1.96. The Bertz CT molecular complexity index is 668. The molecule has 1 aliphatic heterocycles. The lowest BCUT2D eigenvalue weighted by molar-refractivity contribution is -0.140. The minimum Gasteiger partial charge on any atom is -0.469 e. The van der Waals surface area contributed by atoms with Gasteiger partial charge in [0.2, 0.25) is 0 Å². The van der Waals surface area contributed by atoms with E-state index in [-0.39, 0.29) is 29.7 Å². The van der Waals surface area contributed by atoms with Gasteiger partial charge in [-0.1, -0.05) is 0 Å². The van der Waals surface area contributed by atoms with Crippen molar-refractivity contribution < 1.29 is 22.7 Å². The summed E-state index contributed by atoms with van der Waals surface area (Å²) in [5.74, 6) is -1.22. The van der Waals surface area contributed by atoms with Crippen molar-refractivity contribution in [2.75, 3.05) is 19.9 Å². The summed E-state index contributed by atoms with van der Waals surface area (Å²) in [5, 5.41) is -0.128. The van der Waals surface area contributed by atoms with Gasteiger partial charge in [0, 0.05) is 30.9 Å². The second kappa shape index (κ2) is 5.20. The number of amides is 1. The molecule has 0 aliphatic carbocycles. The van der Waals surface area contributed by atoms with Crippen molar-refractivity contribution in [1.29, 1.82) is 0 Å². The predicted molar refractivity (Wildman–Crippen MR) is 68.7 cm³/mol. The largest absolute Gasteiger partial charge is 0.469 e. The molecule has 7 nitrogen and oxygen atoms in total. The van der Waals surface area contributed by atoms with Gasteiger partial charge in [0.05, 0.1) is 19.3 Å². The molecule has 8 heteroatoms. The Balaban J connectivity index is 2.35. The molecule has 1 aromatic heterocycles. The molecule has 108 valence electrons. The Labute approximate surface area is 116 Å². The number of hydrogen-bond acceptors (Lipinski definition) is 6. The molecule has 0 saturated heterocycles. The molecule has 2 rings (SSSR count). The van der Waals surface area contributed by atoms with Crippen molar-refractivity contribution >= 4 is 21.7 Å². The minimum absolute atomic E-state index is 0.128. The number of esters is 1. The smallest absolute Gasteiger partial charge is 0.306 e. The van der Waals surface area contributed by atoms with Gasteiger partial charge in [-0.2, -0.15) is 0 Å². The van der Waals surface area contributed by atoms with Gasteiger partial charge in [-0.25, -0.2) is 13.4 Å². The number of nitrogens with zero attached hydrogens (tertiary/aromatic N) is 2. The van der Waals surface area contributed by atoms with Gasteiger partial charge in [-0.3, -0.25) is 9.59 Å². The number of hydrogen-bond donors (Lipinski definition) is 0. The van der Waals surface area contributed by atoms with E-state index < -0.39 is 15.8 Å². The fourth-order valence-corrected chi connectivity index (χ4v) is 3.43. The summed E-state index contributed by atoms with van der Waals surface area (Å²) in [5.41, 5.74) is 0.740. The SMILES string of the molecule is COC(=O)CCS(=O)(=O)c1nccc2c1CN(C)C2=O. The van der Waals surface area contributed by atoms with E-state index in [0.717, 1.165) is 0 Å². The van der Waals surface area contributed by atoms with E-state index in [4.69, 9.17) is 0 Å². The second-order valence-corrected chi connectivity index (χ2v) is 6.47. The van der Waals surface area contributed by atoms with Crippen molar-refractivity contribution in [2.45, 2.75) is 18.0 Å². The molecule has 0 atom stereocenters. The van der Waals surface area contributed by atoms with Gasteiger partial charge in [-0.15, -0.1) is 0 Å². The predicted octanol–water partition coefficient (Wildman–Crippen LogP) is 0.00400. The van der Waals surface area contributed by atoms with Crippen molar-refractivity contribution in [3.05, 3.63) is 23.4 Å². The third kappa shape index (κ3) is 2.51. The minimum atomic E-state index is -3.73. The molecular weight excluding hydrogens is 284 g/mol. The van der Waals surface area contributed by atoms with Crippen LogP contribution in [0.4, 0.5) is 0 Å². The van der Waals surface area contributed by atoms with Gasteiger partial charge >= 0.3 is 5.97 Å². The molecule has 0 fully saturated rings. The van der Waals surface area contributed by atoms with E-state index in [9.17, 15) is 18.0 Å². The monoisotopic (exact) mass is 298 g/mol. The van der Waals surface area contributed by atoms with Crippen LogP contribution in [-0.2, 0) is 25.9 Å².